The van der Waals surface area contributed by atoms with Gasteiger partial charge in [-0.25, -0.2) is 4.79 Å². The van der Waals surface area contributed by atoms with Crippen molar-refractivity contribution in [3.63, 3.8) is 0 Å². The van der Waals surface area contributed by atoms with Gasteiger partial charge < -0.3 is 14.7 Å². The molecule has 0 saturated heterocycles. The van der Waals surface area contributed by atoms with Crippen molar-refractivity contribution in [2.75, 3.05) is 20.3 Å². The Kier molecular flexibility index (Phi) is 4.34. The second-order valence-electron chi connectivity index (χ2n) is 5.18. The van der Waals surface area contributed by atoms with E-state index in [1.807, 2.05) is 0 Å². The minimum absolute atomic E-state index is 0.131. The normalized spacial score (nSPS) is 16.4. The topological polar surface area (TPSA) is 70.1 Å². The average molecular weight is 256 g/mol. The molecule has 1 heterocycles. The van der Waals surface area contributed by atoms with E-state index < -0.39 is 11.7 Å². The van der Waals surface area contributed by atoms with Crippen molar-refractivity contribution in [1.29, 1.82) is 0 Å². The van der Waals surface area contributed by atoms with Gasteiger partial charge >= 0.3 is 6.09 Å². The summed E-state index contributed by atoms with van der Waals surface area (Å²) in [7, 11) is 1.48. The van der Waals surface area contributed by atoms with Crippen molar-refractivity contribution >= 4 is 11.9 Å². The minimum atomic E-state index is -0.611. The maximum atomic E-state index is 11.8. The molecular formula is C12H20N2O4. The highest BCUT2D eigenvalue weighted by molar-refractivity contribution is 5.98. The lowest BCUT2D eigenvalue weighted by Crippen LogP contribution is -2.39. The zero-order valence-corrected chi connectivity index (χ0v) is 11.3. The lowest BCUT2D eigenvalue weighted by molar-refractivity contribution is -0.118. The fourth-order valence-corrected chi connectivity index (χ4v) is 1.50. The third-order valence-electron chi connectivity index (χ3n) is 2.43. The third kappa shape index (κ3) is 3.73. The molecule has 18 heavy (non-hydrogen) atoms. The number of allylic oxidation sites excluding steroid dienone is 1. The molecule has 0 spiro atoms. The van der Waals surface area contributed by atoms with Crippen molar-refractivity contribution in [3.8, 4) is 0 Å². The molecule has 0 aromatic carbocycles. The van der Waals surface area contributed by atoms with Crippen molar-refractivity contribution < 1.29 is 19.4 Å². The molecule has 0 unspecified atom stereocenters. The van der Waals surface area contributed by atoms with Crippen LogP contribution in [0.2, 0.25) is 0 Å². The Balaban J connectivity index is 2.81. The fourth-order valence-electron chi connectivity index (χ4n) is 1.50. The molecule has 0 aromatic rings. The molecule has 6 heteroatoms. The molecule has 1 N–H and O–H groups in total. The Morgan fingerprint density at radius 1 is 1.56 bits per heavy atom. The number of hydrogen-bond acceptors (Lipinski definition) is 5. The standard InChI is InChI=1S/C12H20N2O4/c1-12(2,3)18-11(17)13(4)9-7-14(8-15)6-5-10(9)16/h7,15H,5-6,8H2,1-4H3. The van der Waals surface area contributed by atoms with E-state index in [1.165, 1.54) is 18.1 Å². The van der Waals surface area contributed by atoms with E-state index in [2.05, 4.69) is 0 Å². The molecule has 1 aliphatic rings. The van der Waals surface area contributed by atoms with E-state index >= 15 is 0 Å². The first-order valence-corrected chi connectivity index (χ1v) is 5.81. The van der Waals surface area contributed by atoms with Gasteiger partial charge in [0.15, 0.2) is 5.78 Å². The zero-order chi connectivity index (χ0) is 13.9. The summed E-state index contributed by atoms with van der Waals surface area (Å²) < 4.78 is 5.18. The fraction of sp³-hybridized carbons (Fsp3) is 0.667. The average Bonchev–Trinajstić information content (AvgIpc) is 2.26. The monoisotopic (exact) mass is 256 g/mol. The van der Waals surface area contributed by atoms with Gasteiger partial charge in [-0.3, -0.25) is 9.69 Å². The van der Waals surface area contributed by atoms with Crippen LogP contribution in [-0.2, 0) is 9.53 Å². The number of hydrogen-bond donors (Lipinski definition) is 1. The molecule has 6 nitrogen and oxygen atoms in total. The number of likely N-dealkylation sites (N-methyl/N-ethyl adjacent to an activating group) is 1. The Labute approximate surface area is 107 Å². The van der Waals surface area contributed by atoms with Gasteiger partial charge in [0, 0.05) is 26.2 Å². The number of carbonyl (C=O) groups excluding carboxylic acids is 2. The number of ether oxygens (including phenoxy) is 1. The number of aliphatic hydroxyl groups excluding tert-OH is 1. The molecule has 1 amide bonds. The van der Waals surface area contributed by atoms with E-state index in [0.29, 0.717) is 6.54 Å². The summed E-state index contributed by atoms with van der Waals surface area (Å²) in [5.41, 5.74) is -0.371. The van der Waals surface area contributed by atoms with Crippen molar-refractivity contribution in [1.82, 2.24) is 9.80 Å². The minimum Gasteiger partial charge on any atom is -0.443 e. The first-order chi connectivity index (χ1) is 8.24. The van der Waals surface area contributed by atoms with Crippen LogP contribution >= 0.6 is 0 Å². The Hall–Kier alpha value is -1.56. The summed E-state index contributed by atoms with van der Waals surface area (Å²) >= 11 is 0. The zero-order valence-electron chi connectivity index (χ0n) is 11.3. The second kappa shape index (κ2) is 5.39. The molecular weight excluding hydrogens is 236 g/mol. The van der Waals surface area contributed by atoms with Gasteiger partial charge in [-0.15, -0.1) is 0 Å². The van der Waals surface area contributed by atoms with Crippen LogP contribution in [0, 0.1) is 0 Å². The number of rotatable bonds is 2. The van der Waals surface area contributed by atoms with Crippen LogP contribution in [0.15, 0.2) is 11.9 Å². The van der Waals surface area contributed by atoms with E-state index in [9.17, 15) is 9.59 Å². The van der Waals surface area contributed by atoms with Crippen LogP contribution in [0.1, 0.15) is 27.2 Å². The van der Waals surface area contributed by atoms with Crippen LogP contribution in [0.4, 0.5) is 4.79 Å². The Bertz CT molecular complexity index is 371. The lowest BCUT2D eigenvalue weighted by atomic mass is 10.1. The SMILES string of the molecule is CN(C(=O)OC(C)(C)C)C1=CN(CO)CCC1=O. The second-order valence-corrected chi connectivity index (χ2v) is 5.18. The van der Waals surface area contributed by atoms with Crippen LogP contribution in [-0.4, -0.2) is 52.7 Å². The van der Waals surface area contributed by atoms with Crippen molar-refractivity contribution in [2.24, 2.45) is 0 Å². The van der Waals surface area contributed by atoms with Crippen LogP contribution in [0.3, 0.4) is 0 Å². The van der Waals surface area contributed by atoms with Crippen LogP contribution < -0.4 is 0 Å². The smallest absolute Gasteiger partial charge is 0.414 e. The summed E-state index contributed by atoms with van der Waals surface area (Å²) in [5, 5.41) is 9.04. The molecule has 0 saturated carbocycles. The Morgan fingerprint density at radius 3 is 2.67 bits per heavy atom. The quantitative estimate of drug-likeness (QED) is 0.795. The number of carbonyl (C=O) groups is 2. The number of ketones is 1. The van der Waals surface area contributed by atoms with Crippen LogP contribution in [0.25, 0.3) is 0 Å². The summed E-state index contributed by atoms with van der Waals surface area (Å²) in [6, 6.07) is 0. The summed E-state index contributed by atoms with van der Waals surface area (Å²) in [6.07, 6.45) is 1.18. The predicted molar refractivity (Wildman–Crippen MR) is 65.5 cm³/mol. The van der Waals surface area contributed by atoms with Crippen LogP contribution in [0.5, 0.6) is 0 Å². The maximum Gasteiger partial charge on any atom is 0.414 e. The van der Waals surface area contributed by atoms with Gasteiger partial charge in [0.05, 0.1) is 0 Å². The van der Waals surface area contributed by atoms with Gasteiger partial charge in [-0.05, 0) is 20.8 Å². The van der Waals surface area contributed by atoms with Gasteiger partial charge in [0.2, 0.25) is 0 Å². The molecule has 1 aliphatic heterocycles. The lowest BCUT2D eigenvalue weighted by Gasteiger charge is -2.29. The highest BCUT2D eigenvalue weighted by Gasteiger charge is 2.27. The largest absolute Gasteiger partial charge is 0.443 e. The van der Waals surface area contributed by atoms with Crippen molar-refractivity contribution in [3.05, 3.63) is 11.9 Å². The molecule has 102 valence electrons. The summed E-state index contributed by atoms with van der Waals surface area (Å²) in [6.45, 7) is 5.56. The predicted octanol–water partition coefficient (Wildman–Crippen LogP) is 0.919. The molecule has 0 aromatic heterocycles. The van der Waals surface area contributed by atoms with Gasteiger partial charge in [0.1, 0.15) is 18.0 Å². The van der Waals surface area contributed by atoms with E-state index in [-0.39, 0.29) is 24.6 Å². The Morgan fingerprint density at radius 2 is 2.17 bits per heavy atom. The van der Waals surface area contributed by atoms with Gasteiger partial charge in [-0.2, -0.15) is 0 Å². The summed E-state index contributed by atoms with van der Waals surface area (Å²) in [5.74, 6) is -0.131. The van der Waals surface area contributed by atoms with E-state index in [1.54, 1.807) is 25.7 Å². The number of amides is 1. The maximum absolute atomic E-state index is 11.8. The molecule has 0 atom stereocenters. The summed E-state index contributed by atoms with van der Waals surface area (Å²) in [4.78, 5) is 26.3. The first kappa shape index (κ1) is 14.5. The highest BCUT2D eigenvalue weighted by atomic mass is 16.6. The van der Waals surface area contributed by atoms with Gasteiger partial charge in [-0.1, -0.05) is 0 Å². The molecule has 0 bridgehead atoms. The molecule has 0 radical (unpaired) electrons. The van der Waals surface area contributed by atoms with E-state index in [4.69, 9.17) is 9.84 Å². The number of Topliss-reactive ketones (excluding diaryl/α,β-unsaturated/α-hetero) is 1. The number of nitrogens with zero attached hydrogens (tertiary/aromatic N) is 2. The molecule has 0 aliphatic carbocycles. The first-order valence-electron chi connectivity index (χ1n) is 5.81. The third-order valence-corrected chi connectivity index (χ3v) is 2.43. The van der Waals surface area contributed by atoms with Gasteiger partial charge in [0.25, 0.3) is 0 Å². The molecule has 1 rings (SSSR count). The number of aliphatic hydroxyl groups is 1. The van der Waals surface area contributed by atoms with E-state index in [0.717, 1.165) is 0 Å². The molecule has 0 fully saturated rings. The van der Waals surface area contributed by atoms with Crippen molar-refractivity contribution in [2.45, 2.75) is 32.8 Å². The highest BCUT2D eigenvalue weighted by Crippen LogP contribution is 2.17.